The zero-order chi connectivity index (χ0) is 21.3. The number of amides is 1. The van der Waals surface area contributed by atoms with E-state index in [0.29, 0.717) is 25.4 Å². The molecular formula is C23H28N4O3. The molecule has 0 bridgehead atoms. The maximum absolute atomic E-state index is 12.8. The van der Waals surface area contributed by atoms with Crippen molar-refractivity contribution in [3.8, 4) is 0 Å². The third-order valence-corrected chi connectivity index (χ3v) is 5.56. The Balaban J connectivity index is 1.34. The maximum atomic E-state index is 12.8. The SMILES string of the molecule is CC(C)(C)c1ccc(=O)n(CCN2CCN(C(=O)c3cc4ccccc4o3)CC2)n1. The number of piperazine rings is 1. The van der Waals surface area contributed by atoms with E-state index in [-0.39, 0.29) is 16.9 Å². The number of carbonyl (C=O) groups is 1. The Hall–Kier alpha value is -2.93. The average Bonchev–Trinajstić information content (AvgIpc) is 3.16. The Morgan fingerprint density at radius 3 is 2.47 bits per heavy atom. The minimum atomic E-state index is -0.0991. The second-order valence-electron chi connectivity index (χ2n) is 8.81. The predicted molar refractivity (Wildman–Crippen MR) is 116 cm³/mol. The van der Waals surface area contributed by atoms with Crippen molar-refractivity contribution < 1.29 is 9.21 Å². The summed E-state index contributed by atoms with van der Waals surface area (Å²) in [5.41, 5.74) is 1.46. The molecule has 0 radical (unpaired) electrons. The highest BCUT2D eigenvalue weighted by atomic mass is 16.3. The van der Waals surface area contributed by atoms with Crippen LogP contribution in [0.5, 0.6) is 0 Å². The first-order valence-electron chi connectivity index (χ1n) is 10.4. The molecular weight excluding hydrogens is 380 g/mol. The molecule has 0 saturated carbocycles. The first kappa shape index (κ1) is 20.3. The van der Waals surface area contributed by atoms with E-state index in [1.807, 2.05) is 35.2 Å². The molecule has 2 aromatic heterocycles. The second-order valence-corrected chi connectivity index (χ2v) is 8.81. The van der Waals surface area contributed by atoms with Crippen LogP contribution in [0.1, 0.15) is 37.0 Å². The maximum Gasteiger partial charge on any atom is 0.289 e. The van der Waals surface area contributed by atoms with E-state index in [0.717, 1.165) is 36.3 Å². The number of furan rings is 1. The Bertz CT molecular complexity index is 1070. The van der Waals surface area contributed by atoms with Crippen molar-refractivity contribution in [3.05, 3.63) is 64.3 Å². The highest BCUT2D eigenvalue weighted by Crippen LogP contribution is 2.21. The zero-order valence-corrected chi connectivity index (χ0v) is 17.8. The van der Waals surface area contributed by atoms with Crippen LogP contribution in [-0.2, 0) is 12.0 Å². The number of hydrogen-bond acceptors (Lipinski definition) is 5. The summed E-state index contributed by atoms with van der Waals surface area (Å²) in [6.07, 6.45) is 0. The van der Waals surface area contributed by atoms with Gasteiger partial charge in [0.15, 0.2) is 5.76 Å². The van der Waals surface area contributed by atoms with Crippen LogP contribution in [0.4, 0.5) is 0 Å². The molecule has 1 amide bonds. The van der Waals surface area contributed by atoms with E-state index in [2.05, 4.69) is 30.8 Å². The summed E-state index contributed by atoms with van der Waals surface area (Å²) in [6, 6.07) is 12.9. The molecule has 30 heavy (non-hydrogen) atoms. The van der Waals surface area contributed by atoms with Gasteiger partial charge in [-0.2, -0.15) is 5.10 Å². The van der Waals surface area contributed by atoms with Crippen LogP contribution in [0.25, 0.3) is 11.0 Å². The molecule has 3 heterocycles. The van der Waals surface area contributed by atoms with Crippen molar-refractivity contribution in [2.24, 2.45) is 0 Å². The summed E-state index contributed by atoms with van der Waals surface area (Å²) >= 11 is 0. The molecule has 1 aromatic carbocycles. The largest absolute Gasteiger partial charge is 0.451 e. The molecule has 0 spiro atoms. The standard InChI is InChI=1S/C23H28N4O3/c1-23(2,3)20-8-9-21(28)27(24-20)15-12-25-10-13-26(14-11-25)22(29)19-16-17-6-4-5-7-18(17)30-19/h4-9,16H,10-15H2,1-3H3. The Morgan fingerprint density at radius 2 is 1.77 bits per heavy atom. The first-order chi connectivity index (χ1) is 14.3. The van der Waals surface area contributed by atoms with E-state index in [9.17, 15) is 9.59 Å². The van der Waals surface area contributed by atoms with Gasteiger partial charge in [0.05, 0.1) is 12.2 Å². The highest BCUT2D eigenvalue weighted by Gasteiger charge is 2.24. The molecule has 0 aliphatic carbocycles. The number of rotatable bonds is 4. The fraction of sp³-hybridized carbons (Fsp3) is 0.435. The van der Waals surface area contributed by atoms with Crippen molar-refractivity contribution in [2.75, 3.05) is 32.7 Å². The number of nitrogens with zero attached hydrogens (tertiary/aromatic N) is 4. The molecule has 1 fully saturated rings. The van der Waals surface area contributed by atoms with Crippen molar-refractivity contribution in [1.29, 1.82) is 0 Å². The molecule has 1 saturated heterocycles. The Morgan fingerprint density at radius 1 is 1.03 bits per heavy atom. The number of benzene rings is 1. The van der Waals surface area contributed by atoms with Gasteiger partial charge in [0.1, 0.15) is 5.58 Å². The van der Waals surface area contributed by atoms with Gasteiger partial charge < -0.3 is 9.32 Å². The number of fused-ring (bicyclic) bond motifs is 1. The van der Waals surface area contributed by atoms with E-state index >= 15 is 0 Å². The van der Waals surface area contributed by atoms with Crippen LogP contribution < -0.4 is 5.56 Å². The van der Waals surface area contributed by atoms with Gasteiger partial charge in [0.2, 0.25) is 0 Å². The second kappa shape index (κ2) is 8.07. The summed E-state index contributed by atoms with van der Waals surface area (Å²) in [7, 11) is 0. The van der Waals surface area contributed by atoms with Crippen molar-refractivity contribution >= 4 is 16.9 Å². The van der Waals surface area contributed by atoms with Gasteiger partial charge >= 0.3 is 0 Å². The fourth-order valence-electron chi connectivity index (χ4n) is 3.66. The van der Waals surface area contributed by atoms with Gasteiger partial charge in [0, 0.05) is 49.6 Å². The monoisotopic (exact) mass is 408 g/mol. The normalized spacial score (nSPS) is 15.6. The summed E-state index contributed by atoms with van der Waals surface area (Å²) < 4.78 is 7.26. The third-order valence-electron chi connectivity index (χ3n) is 5.56. The van der Waals surface area contributed by atoms with Gasteiger partial charge in [-0.3, -0.25) is 14.5 Å². The Kier molecular flexibility index (Phi) is 5.47. The fourth-order valence-corrected chi connectivity index (χ4v) is 3.66. The number of carbonyl (C=O) groups excluding carboxylic acids is 1. The Labute approximate surface area is 175 Å². The smallest absolute Gasteiger partial charge is 0.289 e. The number of aromatic nitrogens is 2. The van der Waals surface area contributed by atoms with Crippen LogP contribution in [0, 0.1) is 0 Å². The third kappa shape index (κ3) is 4.31. The average molecular weight is 409 g/mol. The van der Waals surface area contributed by atoms with Gasteiger partial charge in [-0.15, -0.1) is 0 Å². The molecule has 4 rings (SSSR count). The van der Waals surface area contributed by atoms with Crippen molar-refractivity contribution in [1.82, 2.24) is 19.6 Å². The topological polar surface area (TPSA) is 71.6 Å². The minimum absolute atomic E-state index is 0.0679. The van der Waals surface area contributed by atoms with Crippen LogP contribution in [-0.4, -0.2) is 58.2 Å². The summed E-state index contributed by atoms with van der Waals surface area (Å²) in [6.45, 7) is 10.3. The number of para-hydroxylation sites is 1. The lowest BCUT2D eigenvalue weighted by Gasteiger charge is -2.34. The quantitative estimate of drug-likeness (QED) is 0.664. The molecule has 1 aliphatic rings. The van der Waals surface area contributed by atoms with Crippen LogP contribution in [0.15, 0.2) is 51.7 Å². The lowest BCUT2D eigenvalue weighted by molar-refractivity contribution is 0.0603. The lowest BCUT2D eigenvalue weighted by Crippen LogP contribution is -2.49. The minimum Gasteiger partial charge on any atom is -0.451 e. The highest BCUT2D eigenvalue weighted by molar-refractivity contribution is 5.96. The zero-order valence-electron chi connectivity index (χ0n) is 17.8. The number of hydrogen-bond donors (Lipinski definition) is 0. The van der Waals surface area contributed by atoms with E-state index in [1.165, 1.54) is 0 Å². The first-order valence-corrected chi connectivity index (χ1v) is 10.4. The van der Waals surface area contributed by atoms with Crippen LogP contribution in [0.3, 0.4) is 0 Å². The van der Waals surface area contributed by atoms with Crippen LogP contribution in [0.2, 0.25) is 0 Å². The van der Waals surface area contributed by atoms with Crippen LogP contribution >= 0.6 is 0 Å². The summed E-state index contributed by atoms with van der Waals surface area (Å²) in [5, 5.41) is 5.47. The molecule has 0 N–H and O–H groups in total. The molecule has 158 valence electrons. The predicted octanol–water partition coefficient (Wildman–Crippen LogP) is 2.75. The molecule has 1 aliphatic heterocycles. The van der Waals surface area contributed by atoms with Gasteiger partial charge in [-0.05, 0) is 18.2 Å². The molecule has 0 atom stereocenters. The van der Waals surface area contributed by atoms with Gasteiger partial charge in [-0.25, -0.2) is 4.68 Å². The van der Waals surface area contributed by atoms with E-state index in [4.69, 9.17) is 4.42 Å². The van der Waals surface area contributed by atoms with Crippen molar-refractivity contribution in [3.63, 3.8) is 0 Å². The molecule has 0 unspecified atom stereocenters. The van der Waals surface area contributed by atoms with Crippen molar-refractivity contribution in [2.45, 2.75) is 32.7 Å². The van der Waals surface area contributed by atoms with Gasteiger partial charge in [0.25, 0.3) is 11.5 Å². The summed E-state index contributed by atoms with van der Waals surface area (Å²) in [5.74, 6) is 0.320. The molecule has 7 heteroatoms. The summed E-state index contributed by atoms with van der Waals surface area (Å²) in [4.78, 5) is 29.0. The lowest BCUT2D eigenvalue weighted by atomic mass is 9.92. The molecule has 3 aromatic rings. The molecule has 7 nitrogen and oxygen atoms in total. The van der Waals surface area contributed by atoms with E-state index < -0.39 is 0 Å². The van der Waals surface area contributed by atoms with E-state index in [1.54, 1.807) is 16.8 Å². The van der Waals surface area contributed by atoms with Gasteiger partial charge in [-0.1, -0.05) is 39.0 Å².